The lowest BCUT2D eigenvalue weighted by molar-refractivity contribution is 0.256. The average Bonchev–Trinajstić information content (AvgIpc) is 2.33. The van der Waals surface area contributed by atoms with Gasteiger partial charge in [0.15, 0.2) is 0 Å². The Balaban J connectivity index is 0.00000162. The van der Waals surface area contributed by atoms with E-state index in [0.29, 0.717) is 10.7 Å². The summed E-state index contributed by atoms with van der Waals surface area (Å²) in [6.45, 7) is 0. The summed E-state index contributed by atoms with van der Waals surface area (Å²) in [7, 11) is 0. The number of carbonyl (C=O) groups is 1. The van der Waals surface area contributed by atoms with Crippen molar-refractivity contribution in [2.75, 3.05) is 4.90 Å². The number of hydrogen-bond acceptors (Lipinski definition) is 1. The molecule has 0 aliphatic heterocycles. The highest BCUT2D eigenvalue weighted by molar-refractivity contribution is 6.30. The number of halogens is 2. The number of rotatable bonds is 2. The monoisotopic (exact) mass is 282 g/mol. The molecule has 3 nitrogen and oxygen atoms in total. The van der Waals surface area contributed by atoms with Crippen LogP contribution in [0.15, 0.2) is 54.6 Å². The van der Waals surface area contributed by atoms with Gasteiger partial charge in [0.1, 0.15) is 0 Å². The number of hydrogen-bond donors (Lipinski definition) is 1. The van der Waals surface area contributed by atoms with E-state index in [1.807, 2.05) is 30.3 Å². The average molecular weight is 283 g/mol. The van der Waals surface area contributed by atoms with Crippen LogP contribution in [0.1, 0.15) is 0 Å². The van der Waals surface area contributed by atoms with Gasteiger partial charge >= 0.3 is 6.03 Å². The number of urea groups is 1. The first kappa shape index (κ1) is 14.4. The predicted molar refractivity (Wildman–Crippen MR) is 76.9 cm³/mol. The molecular weight excluding hydrogens is 271 g/mol. The molecule has 0 radical (unpaired) electrons. The third-order valence-corrected chi connectivity index (χ3v) is 2.57. The van der Waals surface area contributed by atoms with Gasteiger partial charge in [0.2, 0.25) is 0 Å². The Hall–Kier alpha value is -1.71. The van der Waals surface area contributed by atoms with Crippen molar-refractivity contribution in [3.63, 3.8) is 0 Å². The molecule has 0 spiro atoms. The van der Waals surface area contributed by atoms with Crippen molar-refractivity contribution < 1.29 is 4.79 Å². The zero-order valence-electron chi connectivity index (χ0n) is 9.42. The molecule has 0 unspecified atom stereocenters. The third kappa shape index (κ3) is 3.15. The van der Waals surface area contributed by atoms with Gasteiger partial charge in [-0.1, -0.05) is 29.8 Å². The van der Waals surface area contributed by atoms with Crippen LogP contribution in [0.3, 0.4) is 0 Å². The number of nitrogens with zero attached hydrogens (tertiary/aromatic N) is 1. The molecule has 0 atom stereocenters. The number of anilines is 2. The second kappa shape index (κ2) is 6.28. The molecular formula is C13H12Cl2N2O. The van der Waals surface area contributed by atoms with Crippen molar-refractivity contribution in [3.8, 4) is 0 Å². The van der Waals surface area contributed by atoms with Gasteiger partial charge in [-0.3, -0.25) is 4.90 Å². The summed E-state index contributed by atoms with van der Waals surface area (Å²) in [6.07, 6.45) is 0. The molecule has 2 N–H and O–H groups in total. The molecule has 0 aromatic heterocycles. The minimum atomic E-state index is -0.529. The number of amides is 2. The summed E-state index contributed by atoms with van der Waals surface area (Å²) >= 11 is 5.81. The van der Waals surface area contributed by atoms with Crippen molar-refractivity contribution in [3.05, 3.63) is 59.6 Å². The Morgan fingerprint density at radius 2 is 1.44 bits per heavy atom. The summed E-state index contributed by atoms with van der Waals surface area (Å²) in [6, 6.07) is 15.6. The van der Waals surface area contributed by atoms with Crippen LogP contribution in [0.2, 0.25) is 5.02 Å². The van der Waals surface area contributed by atoms with Crippen LogP contribution in [0, 0.1) is 0 Å². The summed E-state index contributed by atoms with van der Waals surface area (Å²) in [4.78, 5) is 12.9. The van der Waals surface area contributed by atoms with E-state index in [1.165, 1.54) is 4.90 Å². The molecule has 2 aromatic carbocycles. The minimum Gasteiger partial charge on any atom is -0.351 e. The SMILES string of the molecule is Cl.NC(=O)N(c1ccccc1)c1ccc(Cl)cc1. The Morgan fingerprint density at radius 1 is 0.944 bits per heavy atom. The van der Waals surface area contributed by atoms with E-state index < -0.39 is 6.03 Å². The topological polar surface area (TPSA) is 46.3 Å². The summed E-state index contributed by atoms with van der Waals surface area (Å²) < 4.78 is 0. The Labute approximate surface area is 117 Å². The highest BCUT2D eigenvalue weighted by Crippen LogP contribution is 2.25. The van der Waals surface area contributed by atoms with Crippen molar-refractivity contribution in [2.45, 2.75) is 0 Å². The van der Waals surface area contributed by atoms with E-state index in [2.05, 4.69) is 0 Å². The maximum atomic E-state index is 11.5. The van der Waals surface area contributed by atoms with Crippen LogP contribution in [0.25, 0.3) is 0 Å². The lowest BCUT2D eigenvalue weighted by atomic mass is 10.2. The molecule has 5 heteroatoms. The fraction of sp³-hybridized carbons (Fsp3) is 0. The standard InChI is InChI=1S/C13H11ClN2O.ClH/c14-10-6-8-12(9-7-10)16(13(15)17)11-4-2-1-3-5-11;/h1-9H,(H2,15,17);1H. The van der Waals surface area contributed by atoms with Crippen molar-refractivity contribution >= 4 is 41.4 Å². The normalized spacial score (nSPS) is 9.39. The van der Waals surface area contributed by atoms with E-state index in [9.17, 15) is 4.79 Å². The van der Waals surface area contributed by atoms with Gasteiger partial charge in [-0.2, -0.15) is 0 Å². The molecule has 0 aliphatic rings. The van der Waals surface area contributed by atoms with E-state index in [4.69, 9.17) is 17.3 Å². The van der Waals surface area contributed by atoms with Crippen LogP contribution in [-0.2, 0) is 0 Å². The molecule has 94 valence electrons. The number of para-hydroxylation sites is 1. The predicted octanol–water partition coefficient (Wildman–Crippen LogP) is 3.98. The van der Waals surface area contributed by atoms with Crippen LogP contribution in [-0.4, -0.2) is 6.03 Å². The summed E-state index contributed by atoms with van der Waals surface area (Å²) in [5.41, 5.74) is 6.81. The smallest absolute Gasteiger partial charge is 0.323 e. The molecule has 0 saturated carbocycles. The molecule has 0 fully saturated rings. The van der Waals surface area contributed by atoms with E-state index in [0.717, 1.165) is 5.69 Å². The summed E-state index contributed by atoms with van der Waals surface area (Å²) in [5, 5.41) is 0.617. The van der Waals surface area contributed by atoms with Crippen molar-refractivity contribution in [2.24, 2.45) is 5.73 Å². The second-order valence-electron chi connectivity index (χ2n) is 3.49. The maximum absolute atomic E-state index is 11.5. The zero-order chi connectivity index (χ0) is 12.3. The molecule has 0 aliphatic carbocycles. The molecule has 2 rings (SSSR count). The number of carbonyl (C=O) groups excluding carboxylic acids is 1. The lowest BCUT2D eigenvalue weighted by Crippen LogP contribution is -2.31. The van der Waals surface area contributed by atoms with E-state index in [1.54, 1.807) is 24.3 Å². The molecule has 0 saturated heterocycles. The zero-order valence-corrected chi connectivity index (χ0v) is 11.0. The molecule has 0 heterocycles. The number of primary amides is 1. The quantitative estimate of drug-likeness (QED) is 0.890. The van der Waals surface area contributed by atoms with Gasteiger partial charge in [0.05, 0.1) is 11.4 Å². The fourth-order valence-corrected chi connectivity index (χ4v) is 1.70. The van der Waals surface area contributed by atoms with Gasteiger partial charge in [-0.05, 0) is 36.4 Å². The number of benzene rings is 2. The van der Waals surface area contributed by atoms with E-state index in [-0.39, 0.29) is 12.4 Å². The van der Waals surface area contributed by atoms with Gasteiger partial charge < -0.3 is 5.73 Å². The highest BCUT2D eigenvalue weighted by atomic mass is 35.5. The first-order valence-corrected chi connectivity index (χ1v) is 5.46. The molecule has 18 heavy (non-hydrogen) atoms. The van der Waals surface area contributed by atoms with Crippen LogP contribution >= 0.6 is 24.0 Å². The molecule has 2 amide bonds. The van der Waals surface area contributed by atoms with E-state index >= 15 is 0 Å². The Bertz CT molecular complexity index is 514. The van der Waals surface area contributed by atoms with Crippen LogP contribution in [0.5, 0.6) is 0 Å². The third-order valence-electron chi connectivity index (χ3n) is 2.32. The second-order valence-corrected chi connectivity index (χ2v) is 3.92. The maximum Gasteiger partial charge on any atom is 0.323 e. The number of nitrogens with two attached hydrogens (primary N) is 1. The van der Waals surface area contributed by atoms with Gasteiger partial charge in [-0.25, -0.2) is 4.79 Å². The summed E-state index contributed by atoms with van der Waals surface area (Å²) in [5.74, 6) is 0. The van der Waals surface area contributed by atoms with Crippen LogP contribution in [0.4, 0.5) is 16.2 Å². The Morgan fingerprint density at radius 3 is 1.94 bits per heavy atom. The first-order chi connectivity index (χ1) is 8.18. The minimum absolute atomic E-state index is 0. The van der Waals surface area contributed by atoms with Crippen molar-refractivity contribution in [1.82, 2.24) is 0 Å². The first-order valence-electron chi connectivity index (χ1n) is 5.08. The largest absolute Gasteiger partial charge is 0.351 e. The van der Waals surface area contributed by atoms with Crippen molar-refractivity contribution in [1.29, 1.82) is 0 Å². The van der Waals surface area contributed by atoms with Crippen LogP contribution < -0.4 is 10.6 Å². The van der Waals surface area contributed by atoms with Gasteiger partial charge in [-0.15, -0.1) is 12.4 Å². The fourth-order valence-electron chi connectivity index (χ4n) is 1.57. The molecule has 0 bridgehead atoms. The van der Waals surface area contributed by atoms with Gasteiger partial charge in [0.25, 0.3) is 0 Å². The van der Waals surface area contributed by atoms with Gasteiger partial charge in [0, 0.05) is 5.02 Å². The Kier molecular flexibility index (Phi) is 5.01. The highest BCUT2D eigenvalue weighted by Gasteiger charge is 2.13. The molecule has 2 aromatic rings. The lowest BCUT2D eigenvalue weighted by Gasteiger charge is -2.20.